The van der Waals surface area contributed by atoms with Crippen molar-refractivity contribution >= 4 is 35.6 Å². The molecule has 0 radical (unpaired) electrons. The van der Waals surface area contributed by atoms with Crippen LogP contribution < -0.4 is 15.5 Å². The third-order valence-corrected chi connectivity index (χ3v) is 4.72. The monoisotopic (exact) mass is 549 g/mol. The average molecular weight is 550 g/mol. The van der Waals surface area contributed by atoms with Crippen LogP contribution in [-0.2, 0) is 20.8 Å². The number of imide groups is 1. The summed E-state index contributed by atoms with van der Waals surface area (Å²) in [4.78, 5) is 45.8. The highest BCUT2D eigenvalue weighted by Gasteiger charge is 2.32. The quantitative estimate of drug-likeness (QED) is 0.247. The molecule has 0 aliphatic rings. The lowest BCUT2D eigenvalue weighted by atomic mass is 10.1. The molecule has 2 N–H and O–H groups in total. The number of benzene rings is 1. The molecule has 1 aromatic carbocycles. The minimum absolute atomic E-state index is 0.112. The molecule has 39 heavy (non-hydrogen) atoms. The summed E-state index contributed by atoms with van der Waals surface area (Å²) in [5.74, 6) is 0.199. The minimum Gasteiger partial charge on any atom is -0.444 e. The van der Waals surface area contributed by atoms with Crippen LogP contribution in [0.15, 0.2) is 23.2 Å². The summed E-state index contributed by atoms with van der Waals surface area (Å²) in [5, 5.41) is 5.73. The number of hydrogen-bond acceptors (Lipinski definition) is 8. The van der Waals surface area contributed by atoms with E-state index in [1.165, 1.54) is 0 Å². The second-order valence-electron chi connectivity index (χ2n) is 12.0. The topological polar surface area (TPSA) is 122 Å². The van der Waals surface area contributed by atoms with Gasteiger partial charge in [0.15, 0.2) is 0 Å². The molecule has 0 fully saturated rings. The molecule has 1 rings (SSSR count). The van der Waals surface area contributed by atoms with Crippen LogP contribution in [0.5, 0.6) is 0 Å². The van der Waals surface area contributed by atoms with Crippen LogP contribution in [0, 0.1) is 0 Å². The Kier molecular flexibility index (Phi) is 11.6. The number of nitrogens with one attached hydrogen (secondary N) is 2. The normalized spacial score (nSPS) is 12.4. The maximum Gasteiger partial charge on any atom is 0.420 e. The van der Waals surface area contributed by atoms with Crippen molar-refractivity contribution in [3.8, 4) is 0 Å². The molecule has 0 aliphatic heterocycles. The number of ether oxygens (including phenoxy) is 3. The number of nitrogens with zero attached hydrogens (tertiary/aromatic N) is 3. The third-order valence-electron chi connectivity index (χ3n) is 4.72. The van der Waals surface area contributed by atoms with E-state index in [2.05, 4.69) is 15.6 Å². The van der Waals surface area contributed by atoms with Crippen molar-refractivity contribution in [3.05, 3.63) is 23.8 Å². The summed E-state index contributed by atoms with van der Waals surface area (Å²) in [5.41, 5.74) is -0.280. The van der Waals surface area contributed by atoms with Crippen molar-refractivity contribution in [3.63, 3.8) is 0 Å². The average Bonchev–Trinajstić information content (AvgIpc) is 2.73. The van der Waals surface area contributed by atoms with Gasteiger partial charge in [-0.25, -0.2) is 19.3 Å². The third kappa shape index (κ3) is 12.7. The summed E-state index contributed by atoms with van der Waals surface area (Å²) in [6.07, 6.45) is -2.29. The molecular formula is C28H47N5O6. The zero-order chi connectivity index (χ0) is 30.2. The van der Waals surface area contributed by atoms with Gasteiger partial charge in [0.1, 0.15) is 16.8 Å². The van der Waals surface area contributed by atoms with Gasteiger partial charge in [-0.3, -0.25) is 10.3 Å². The molecule has 0 aliphatic carbocycles. The van der Waals surface area contributed by atoms with E-state index in [1.807, 2.05) is 37.9 Å². The van der Waals surface area contributed by atoms with Crippen LogP contribution in [0.3, 0.4) is 0 Å². The van der Waals surface area contributed by atoms with Gasteiger partial charge in [0.25, 0.3) is 0 Å². The molecule has 0 saturated carbocycles. The highest BCUT2D eigenvalue weighted by atomic mass is 16.6. The van der Waals surface area contributed by atoms with E-state index < -0.39 is 35.1 Å². The number of alkyl carbamates (subject to hydrolysis) is 1. The molecule has 0 bridgehead atoms. The molecule has 11 nitrogen and oxygen atoms in total. The highest BCUT2D eigenvalue weighted by Crippen LogP contribution is 2.27. The zero-order valence-electron chi connectivity index (χ0n) is 25.6. The number of guanidine groups is 1. The Morgan fingerprint density at radius 1 is 0.846 bits per heavy atom. The SMILES string of the molecule is CC/N=C(/NC(=O)OC(C)(C)C)Nc1ccc(N(C)CC)c(CN(C(=O)OC(C)(C)C)C(=O)OC(C)(C)C)c1. The standard InChI is InChI=1S/C28H47N5O6/c1-13-29-22(31-23(34)37-26(3,4)5)30-20-15-16-21(32(12)14-2)19(17-20)18-33(24(35)38-27(6,7)8)25(36)39-28(9,10)11/h15-17H,13-14,18H2,1-12H3,(H2,29,30,31,34). The van der Waals surface area contributed by atoms with Gasteiger partial charge < -0.3 is 24.4 Å². The predicted octanol–water partition coefficient (Wildman–Crippen LogP) is 6.13. The summed E-state index contributed by atoms with van der Waals surface area (Å²) in [7, 11) is 1.91. The van der Waals surface area contributed by atoms with E-state index in [0.717, 1.165) is 10.6 Å². The van der Waals surface area contributed by atoms with Crippen LogP contribution in [0.4, 0.5) is 25.8 Å². The van der Waals surface area contributed by atoms with Crippen molar-refractivity contribution < 1.29 is 28.6 Å². The molecule has 3 amide bonds. The van der Waals surface area contributed by atoms with E-state index >= 15 is 0 Å². The molecule has 11 heteroatoms. The molecule has 0 atom stereocenters. The molecule has 0 spiro atoms. The number of amides is 3. The number of rotatable bonds is 6. The number of carbonyl (C=O) groups excluding carboxylic acids is 3. The van der Waals surface area contributed by atoms with Gasteiger partial charge in [-0.05, 0) is 99.9 Å². The van der Waals surface area contributed by atoms with Crippen LogP contribution in [0.1, 0.15) is 81.7 Å². The van der Waals surface area contributed by atoms with Crippen molar-refractivity contribution in [2.75, 3.05) is 30.4 Å². The maximum atomic E-state index is 13.1. The lowest BCUT2D eigenvalue weighted by Crippen LogP contribution is -2.43. The van der Waals surface area contributed by atoms with E-state index in [0.29, 0.717) is 24.3 Å². The Bertz CT molecular complexity index is 1010. The first-order valence-corrected chi connectivity index (χ1v) is 13.1. The van der Waals surface area contributed by atoms with E-state index in [1.54, 1.807) is 68.4 Å². The second-order valence-corrected chi connectivity index (χ2v) is 12.0. The summed E-state index contributed by atoms with van der Waals surface area (Å²) < 4.78 is 16.4. The molecule has 0 aromatic heterocycles. The number of aliphatic imine (C=N–C) groups is 1. The lowest BCUT2D eigenvalue weighted by Gasteiger charge is -2.30. The maximum absolute atomic E-state index is 13.1. The lowest BCUT2D eigenvalue weighted by molar-refractivity contribution is -0.000266. The van der Waals surface area contributed by atoms with E-state index in [9.17, 15) is 14.4 Å². The Hall–Kier alpha value is -3.50. The second kappa shape index (κ2) is 13.5. The van der Waals surface area contributed by atoms with Crippen molar-refractivity contribution in [1.82, 2.24) is 10.2 Å². The van der Waals surface area contributed by atoms with Crippen LogP contribution in [-0.4, -0.2) is 66.1 Å². The number of carbonyl (C=O) groups is 3. The fourth-order valence-electron chi connectivity index (χ4n) is 3.15. The van der Waals surface area contributed by atoms with Gasteiger partial charge in [-0.1, -0.05) is 0 Å². The summed E-state index contributed by atoms with van der Waals surface area (Å²) in [6.45, 7) is 20.5. The summed E-state index contributed by atoms with van der Waals surface area (Å²) >= 11 is 0. The molecule has 0 heterocycles. The smallest absolute Gasteiger partial charge is 0.420 e. The van der Waals surface area contributed by atoms with Crippen molar-refractivity contribution in [2.24, 2.45) is 4.99 Å². The highest BCUT2D eigenvalue weighted by molar-refractivity contribution is 6.02. The fourth-order valence-corrected chi connectivity index (χ4v) is 3.15. The van der Waals surface area contributed by atoms with Gasteiger partial charge in [0.2, 0.25) is 5.96 Å². The van der Waals surface area contributed by atoms with Gasteiger partial charge in [0, 0.05) is 31.5 Å². The largest absolute Gasteiger partial charge is 0.444 e. The van der Waals surface area contributed by atoms with E-state index in [4.69, 9.17) is 14.2 Å². The van der Waals surface area contributed by atoms with Crippen LogP contribution >= 0.6 is 0 Å². The minimum atomic E-state index is -0.819. The summed E-state index contributed by atoms with van der Waals surface area (Å²) in [6, 6.07) is 5.46. The van der Waals surface area contributed by atoms with Gasteiger partial charge >= 0.3 is 18.3 Å². The van der Waals surface area contributed by atoms with Crippen LogP contribution in [0.25, 0.3) is 0 Å². The fraction of sp³-hybridized carbons (Fsp3) is 0.643. The molecular weight excluding hydrogens is 502 g/mol. The van der Waals surface area contributed by atoms with Crippen LogP contribution in [0.2, 0.25) is 0 Å². The predicted molar refractivity (Wildman–Crippen MR) is 154 cm³/mol. The molecule has 0 unspecified atom stereocenters. The first-order valence-electron chi connectivity index (χ1n) is 13.1. The van der Waals surface area contributed by atoms with Gasteiger partial charge in [-0.2, -0.15) is 0 Å². The number of anilines is 2. The van der Waals surface area contributed by atoms with Crippen molar-refractivity contribution in [1.29, 1.82) is 0 Å². The zero-order valence-corrected chi connectivity index (χ0v) is 25.6. The molecule has 220 valence electrons. The Labute approximate surface area is 233 Å². The molecule has 1 aromatic rings. The number of hydrogen-bond donors (Lipinski definition) is 2. The first-order chi connectivity index (χ1) is 17.7. The van der Waals surface area contributed by atoms with Gasteiger partial charge in [-0.15, -0.1) is 0 Å². The first kappa shape index (κ1) is 33.5. The molecule has 0 saturated heterocycles. The Morgan fingerprint density at radius 3 is 1.79 bits per heavy atom. The Balaban J connectivity index is 3.44. The van der Waals surface area contributed by atoms with E-state index in [-0.39, 0.29) is 12.5 Å². The Morgan fingerprint density at radius 2 is 1.36 bits per heavy atom. The van der Waals surface area contributed by atoms with Gasteiger partial charge in [0.05, 0.1) is 6.54 Å². The van der Waals surface area contributed by atoms with Crippen molar-refractivity contribution in [2.45, 2.75) is 99.5 Å².